The van der Waals surface area contributed by atoms with Crippen molar-refractivity contribution in [2.45, 2.75) is 67.2 Å². The van der Waals surface area contributed by atoms with Gasteiger partial charge in [-0.1, -0.05) is 144 Å². The topological polar surface area (TPSA) is 0 Å². The summed E-state index contributed by atoms with van der Waals surface area (Å²) in [7, 11) is 0. The molecule has 4 atom stereocenters. The third kappa shape index (κ3) is 4.32. The Labute approximate surface area is 264 Å². The van der Waals surface area contributed by atoms with E-state index in [2.05, 4.69) is 139 Å². The number of hydrogen-bond acceptors (Lipinski definition) is 0. The Morgan fingerprint density at radius 3 is 2.05 bits per heavy atom. The first kappa shape index (κ1) is 27.9. The van der Waals surface area contributed by atoms with Gasteiger partial charge >= 0.3 is 0 Å². The molecule has 0 spiro atoms. The highest BCUT2D eigenvalue weighted by Crippen LogP contribution is 2.55. The van der Waals surface area contributed by atoms with Crippen LogP contribution in [-0.4, -0.2) is 0 Å². The molecule has 0 bridgehead atoms. The molecule has 6 aliphatic rings. The monoisotopic (exact) mass is 574 g/mol. The van der Waals surface area contributed by atoms with E-state index in [0.717, 1.165) is 25.7 Å². The average molecular weight is 575 g/mol. The van der Waals surface area contributed by atoms with Gasteiger partial charge in [0, 0.05) is 23.7 Å². The smallest absolute Gasteiger partial charge is 0.0102 e. The van der Waals surface area contributed by atoms with E-state index in [4.69, 9.17) is 0 Å². The molecule has 0 saturated heterocycles. The fraction of sp³-hybridized carbons (Fsp3) is 0.364. The number of rotatable bonds is 2. The lowest BCUT2D eigenvalue weighted by atomic mass is 9.56. The van der Waals surface area contributed by atoms with Crippen LogP contribution in [0.3, 0.4) is 0 Å². The van der Waals surface area contributed by atoms with Crippen LogP contribution in [0, 0.1) is 34.5 Å². The molecule has 44 heavy (non-hydrogen) atoms. The molecule has 0 fully saturated rings. The second-order valence-electron chi connectivity index (χ2n) is 15.9. The van der Waals surface area contributed by atoms with Gasteiger partial charge < -0.3 is 0 Å². The van der Waals surface area contributed by atoms with Crippen molar-refractivity contribution in [3.05, 3.63) is 129 Å². The van der Waals surface area contributed by atoms with E-state index in [1.165, 1.54) is 60.2 Å². The summed E-state index contributed by atoms with van der Waals surface area (Å²) in [6, 6.07) is 9.29. The first-order valence-corrected chi connectivity index (χ1v) is 17.0. The molecule has 0 aromatic heterocycles. The molecule has 222 valence electrons. The van der Waals surface area contributed by atoms with Crippen molar-refractivity contribution in [2.24, 2.45) is 34.5 Å². The molecule has 0 saturated carbocycles. The summed E-state index contributed by atoms with van der Waals surface area (Å²) in [6.07, 6.45) is 34.4. The molecular weight excluding hydrogens is 528 g/mol. The zero-order valence-corrected chi connectivity index (χ0v) is 27.4. The zero-order chi connectivity index (χ0) is 30.4. The van der Waals surface area contributed by atoms with E-state index in [1.807, 2.05) is 0 Å². The lowest BCUT2D eigenvalue weighted by molar-refractivity contribution is 0.323. The van der Waals surface area contributed by atoms with Crippen LogP contribution in [0.25, 0.3) is 34.1 Å². The van der Waals surface area contributed by atoms with Crippen LogP contribution in [-0.2, 0) is 0 Å². The van der Waals surface area contributed by atoms with Gasteiger partial charge in [-0.25, -0.2) is 0 Å². The molecular formula is C44H46. The molecule has 0 N–H and O–H groups in total. The van der Waals surface area contributed by atoms with Crippen molar-refractivity contribution in [3.8, 4) is 0 Å². The van der Waals surface area contributed by atoms with Crippen molar-refractivity contribution in [1.82, 2.24) is 0 Å². The number of hydrogen-bond donors (Lipinski definition) is 0. The van der Waals surface area contributed by atoms with Crippen molar-refractivity contribution >= 4 is 34.1 Å². The minimum absolute atomic E-state index is 0.161. The molecule has 6 aliphatic carbocycles. The largest absolute Gasteiger partial charge is 0.0767 e. The Morgan fingerprint density at radius 2 is 1.36 bits per heavy atom. The second kappa shape index (κ2) is 9.93. The predicted octanol–water partition coefficient (Wildman–Crippen LogP) is 10.2. The Balaban J connectivity index is 1.33. The summed E-state index contributed by atoms with van der Waals surface area (Å²) in [5, 5.41) is 5.77. The van der Waals surface area contributed by atoms with E-state index < -0.39 is 0 Å². The lowest BCUT2D eigenvalue weighted by Gasteiger charge is -2.47. The normalized spacial score (nSPS) is 27.0. The van der Waals surface area contributed by atoms with Gasteiger partial charge in [-0.15, -0.1) is 0 Å². The van der Waals surface area contributed by atoms with Gasteiger partial charge in [-0.3, -0.25) is 0 Å². The molecule has 0 nitrogen and oxygen atoms in total. The quantitative estimate of drug-likeness (QED) is 0.335. The van der Waals surface area contributed by atoms with Crippen LogP contribution in [0.1, 0.15) is 78.4 Å². The molecule has 0 amide bonds. The number of allylic oxidation sites excluding steroid dienone is 16. The molecule has 0 heterocycles. The lowest BCUT2D eigenvalue weighted by Crippen LogP contribution is -2.40. The Kier molecular flexibility index (Phi) is 6.29. The SMILES string of the molecule is CC(C)(C)C1=CC2C=CC3=CC=C(c4c5c(c(C6=CC=C(C(C)(C)C)CC6)c6ccccc46)=CCCC=5)C4C=CC(=C1)C2C34. The van der Waals surface area contributed by atoms with Crippen LogP contribution in [0.5, 0.6) is 0 Å². The van der Waals surface area contributed by atoms with E-state index in [9.17, 15) is 0 Å². The fourth-order valence-corrected chi connectivity index (χ4v) is 8.91. The van der Waals surface area contributed by atoms with Crippen molar-refractivity contribution in [3.63, 3.8) is 0 Å². The van der Waals surface area contributed by atoms with Gasteiger partial charge in [0.05, 0.1) is 0 Å². The summed E-state index contributed by atoms with van der Waals surface area (Å²) >= 11 is 0. The van der Waals surface area contributed by atoms with Crippen molar-refractivity contribution in [1.29, 1.82) is 0 Å². The Bertz CT molecular complexity index is 1970. The van der Waals surface area contributed by atoms with Crippen molar-refractivity contribution in [2.75, 3.05) is 0 Å². The van der Waals surface area contributed by atoms with E-state index >= 15 is 0 Å². The van der Waals surface area contributed by atoms with Crippen LogP contribution < -0.4 is 10.4 Å². The predicted molar refractivity (Wildman–Crippen MR) is 190 cm³/mol. The minimum atomic E-state index is 0.161. The van der Waals surface area contributed by atoms with Crippen molar-refractivity contribution < 1.29 is 0 Å². The van der Waals surface area contributed by atoms with Crippen LogP contribution in [0.4, 0.5) is 0 Å². The van der Waals surface area contributed by atoms with Gasteiger partial charge in [0.25, 0.3) is 0 Å². The van der Waals surface area contributed by atoms with Gasteiger partial charge in [-0.2, -0.15) is 0 Å². The summed E-state index contributed by atoms with van der Waals surface area (Å²) in [4.78, 5) is 0. The molecule has 0 heteroatoms. The minimum Gasteiger partial charge on any atom is -0.0767 e. The summed E-state index contributed by atoms with van der Waals surface area (Å²) in [5.41, 5.74) is 12.4. The van der Waals surface area contributed by atoms with Crippen LogP contribution in [0.15, 0.2) is 107 Å². The van der Waals surface area contributed by atoms with Crippen LogP contribution in [0.2, 0.25) is 0 Å². The highest BCUT2D eigenvalue weighted by atomic mass is 14.5. The molecule has 2 aromatic rings. The summed E-state index contributed by atoms with van der Waals surface area (Å²) in [6.45, 7) is 14.1. The Morgan fingerprint density at radius 1 is 0.659 bits per heavy atom. The van der Waals surface area contributed by atoms with E-state index in [-0.39, 0.29) is 10.8 Å². The highest BCUT2D eigenvalue weighted by Gasteiger charge is 2.45. The molecule has 4 unspecified atom stereocenters. The first-order chi connectivity index (χ1) is 21.1. The number of fused-ring (bicyclic) bond motifs is 2. The number of benzene rings is 2. The van der Waals surface area contributed by atoms with Gasteiger partial charge in [0.1, 0.15) is 0 Å². The first-order valence-electron chi connectivity index (χ1n) is 17.0. The average Bonchev–Trinajstić information content (AvgIpc) is 3.01. The van der Waals surface area contributed by atoms with E-state index in [0.29, 0.717) is 23.7 Å². The maximum atomic E-state index is 2.57. The van der Waals surface area contributed by atoms with Gasteiger partial charge in [-0.05, 0) is 96.7 Å². The molecule has 2 aromatic carbocycles. The molecule has 8 rings (SSSR count). The van der Waals surface area contributed by atoms with Gasteiger partial charge in [0.2, 0.25) is 0 Å². The third-order valence-corrected chi connectivity index (χ3v) is 11.2. The van der Waals surface area contributed by atoms with Crippen LogP contribution >= 0.6 is 0 Å². The summed E-state index contributed by atoms with van der Waals surface area (Å²) in [5.74, 6) is 1.86. The maximum absolute atomic E-state index is 2.57. The Hall–Kier alpha value is -3.64. The maximum Gasteiger partial charge on any atom is 0.0102 e. The highest BCUT2D eigenvalue weighted by molar-refractivity contribution is 6.02. The third-order valence-electron chi connectivity index (χ3n) is 11.2. The van der Waals surface area contributed by atoms with Gasteiger partial charge in [0.15, 0.2) is 0 Å². The standard InChI is InChI=1S/C44H46/c1-43(2,3)31-21-17-27(18-22-31)40-33-11-7-9-13-35(33)42(36-14-10-8-12-34(36)40)38-23-19-28-15-16-29-25-32(44(4,5)6)26-30-20-24-37(38)41(28)39(29)30/h7,9,11-17,19-21,23-26,29,37,39,41H,8,10,18,22H2,1-6H3. The molecule has 0 aliphatic heterocycles. The van der Waals surface area contributed by atoms with E-state index in [1.54, 1.807) is 5.57 Å². The molecule has 0 radical (unpaired) electrons. The zero-order valence-electron chi connectivity index (χ0n) is 27.4. The second-order valence-corrected chi connectivity index (χ2v) is 15.9. The fourth-order valence-electron chi connectivity index (χ4n) is 8.91. The summed E-state index contributed by atoms with van der Waals surface area (Å²) < 4.78 is 0.